The van der Waals surface area contributed by atoms with E-state index in [9.17, 15) is 9.59 Å². The summed E-state index contributed by atoms with van der Waals surface area (Å²) in [6.45, 7) is 5.86. The van der Waals surface area contributed by atoms with Crippen molar-refractivity contribution < 1.29 is 23.8 Å². The SMILES string of the molecule is C=C(C)COCC(=O)OC1CCOC1=O. The van der Waals surface area contributed by atoms with Crippen LogP contribution in [0.3, 0.4) is 0 Å². The van der Waals surface area contributed by atoms with E-state index < -0.39 is 18.0 Å². The molecule has 0 spiro atoms. The maximum Gasteiger partial charge on any atom is 0.347 e. The van der Waals surface area contributed by atoms with E-state index >= 15 is 0 Å². The number of cyclic esters (lactones) is 1. The number of carbonyl (C=O) groups excluding carboxylic acids is 2. The van der Waals surface area contributed by atoms with Crippen molar-refractivity contribution in [3.63, 3.8) is 0 Å². The van der Waals surface area contributed by atoms with Crippen LogP contribution in [0.1, 0.15) is 13.3 Å². The van der Waals surface area contributed by atoms with Crippen LogP contribution in [-0.2, 0) is 23.8 Å². The molecule has 1 fully saturated rings. The summed E-state index contributed by atoms with van der Waals surface area (Å²) in [6, 6.07) is 0. The molecule has 1 atom stereocenters. The van der Waals surface area contributed by atoms with Gasteiger partial charge in [0.2, 0.25) is 6.10 Å². The van der Waals surface area contributed by atoms with Gasteiger partial charge in [-0.05, 0) is 6.92 Å². The Labute approximate surface area is 88.0 Å². The summed E-state index contributed by atoms with van der Waals surface area (Å²) < 4.78 is 14.5. The van der Waals surface area contributed by atoms with Gasteiger partial charge in [0.15, 0.2) is 0 Å². The molecule has 0 amide bonds. The molecule has 0 radical (unpaired) electrons. The Kier molecular flexibility index (Phi) is 4.30. The molecule has 1 rings (SSSR count). The summed E-state index contributed by atoms with van der Waals surface area (Å²) in [4.78, 5) is 22.1. The minimum atomic E-state index is -0.758. The third-order valence-corrected chi connectivity index (χ3v) is 1.73. The van der Waals surface area contributed by atoms with Gasteiger partial charge in [-0.3, -0.25) is 0 Å². The number of carbonyl (C=O) groups is 2. The molecule has 1 heterocycles. The third kappa shape index (κ3) is 4.12. The first kappa shape index (κ1) is 11.7. The second-order valence-corrected chi connectivity index (χ2v) is 3.38. The van der Waals surface area contributed by atoms with Crippen molar-refractivity contribution in [1.29, 1.82) is 0 Å². The maximum atomic E-state index is 11.1. The highest BCUT2D eigenvalue weighted by Gasteiger charge is 2.29. The van der Waals surface area contributed by atoms with E-state index in [1.807, 2.05) is 0 Å². The summed E-state index contributed by atoms with van der Waals surface area (Å²) >= 11 is 0. The molecule has 0 saturated carbocycles. The number of esters is 2. The molecular weight excluding hydrogens is 200 g/mol. The lowest BCUT2D eigenvalue weighted by Gasteiger charge is -2.08. The van der Waals surface area contributed by atoms with Crippen LogP contribution in [0.2, 0.25) is 0 Å². The summed E-state index contributed by atoms with van der Waals surface area (Å²) in [5, 5.41) is 0. The Bertz CT molecular complexity index is 271. The van der Waals surface area contributed by atoms with Gasteiger partial charge in [0, 0.05) is 6.42 Å². The predicted octanol–water partition coefficient (Wildman–Crippen LogP) is 0.438. The molecule has 0 aromatic carbocycles. The Morgan fingerprint density at radius 1 is 1.60 bits per heavy atom. The number of hydrogen-bond acceptors (Lipinski definition) is 5. The summed E-state index contributed by atoms with van der Waals surface area (Å²) in [5.74, 6) is -1.04. The quantitative estimate of drug-likeness (QED) is 0.491. The fourth-order valence-electron chi connectivity index (χ4n) is 1.09. The number of hydrogen-bond donors (Lipinski definition) is 0. The van der Waals surface area contributed by atoms with Crippen LogP contribution in [0.15, 0.2) is 12.2 Å². The zero-order chi connectivity index (χ0) is 11.3. The predicted molar refractivity (Wildman–Crippen MR) is 51.1 cm³/mol. The van der Waals surface area contributed by atoms with Gasteiger partial charge in [-0.15, -0.1) is 0 Å². The molecule has 0 bridgehead atoms. The van der Waals surface area contributed by atoms with E-state index in [1.165, 1.54) is 0 Å². The van der Waals surface area contributed by atoms with Crippen LogP contribution >= 0.6 is 0 Å². The van der Waals surface area contributed by atoms with Crippen molar-refractivity contribution in [2.24, 2.45) is 0 Å². The molecule has 1 aliphatic rings. The van der Waals surface area contributed by atoms with Crippen molar-refractivity contribution in [3.8, 4) is 0 Å². The molecule has 1 aliphatic heterocycles. The zero-order valence-corrected chi connectivity index (χ0v) is 8.65. The van der Waals surface area contributed by atoms with Gasteiger partial charge < -0.3 is 14.2 Å². The molecular formula is C10H14O5. The van der Waals surface area contributed by atoms with Crippen molar-refractivity contribution in [3.05, 3.63) is 12.2 Å². The second-order valence-electron chi connectivity index (χ2n) is 3.38. The van der Waals surface area contributed by atoms with Crippen LogP contribution in [-0.4, -0.2) is 37.9 Å². The highest BCUT2D eigenvalue weighted by Crippen LogP contribution is 2.10. The Hall–Kier alpha value is -1.36. The Balaban J connectivity index is 2.18. The first-order chi connectivity index (χ1) is 7.09. The van der Waals surface area contributed by atoms with Crippen molar-refractivity contribution in [2.75, 3.05) is 19.8 Å². The third-order valence-electron chi connectivity index (χ3n) is 1.73. The van der Waals surface area contributed by atoms with E-state index in [0.717, 1.165) is 5.57 Å². The Morgan fingerprint density at radius 3 is 2.87 bits per heavy atom. The van der Waals surface area contributed by atoms with Crippen LogP contribution in [0, 0.1) is 0 Å². The summed E-state index contributed by atoms with van der Waals surface area (Å²) in [6.07, 6.45) is -0.337. The van der Waals surface area contributed by atoms with Crippen molar-refractivity contribution in [2.45, 2.75) is 19.4 Å². The minimum Gasteiger partial charge on any atom is -0.463 e. The first-order valence-corrected chi connectivity index (χ1v) is 4.68. The smallest absolute Gasteiger partial charge is 0.347 e. The standard InChI is InChI=1S/C10H14O5/c1-7(2)5-13-6-9(11)15-8-3-4-14-10(8)12/h8H,1,3-6H2,2H3. The summed E-state index contributed by atoms with van der Waals surface area (Å²) in [7, 11) is 0. The van der Waals surface area contributed by atoms with Gasteiger partial charge in [-0.25, -0.2) is 9.59 Å². The molecule has 5 heteroatoms. The van der Waals surface area contributed by atoms with E-state index in [2.05, 4.69) is 11.3 Å². The molecule has 5 nitrogen and oxygen atoms in total. The van der Waals surface area contributed by atoms with Crippen molar-refractivity contribution in [1.82, 2.24) is 0 Å². The number of ether oxygens (including phenoxy) is 3. The first-order valence-electron chi connectivity index (χ1n) is 4.68. The maximum absolute atomic E-state index is 11.1. The second kappa shape index (κ2) is 5.50. The fourth-order valence-corrected chi connectivity index (χ4v) is 1.09. The van der Waals surface area contributed by atoms with Gasteiger partial charge in [0.05, 0.1) is 13.2 Å². The monoisotopic (exact) mass is 214 g/mol. The van der Waals surface area contributed by atoms with E-state index in [0.29, 0.717) is 19.6 Å². The van der Waals surface area contributed by atoms with E-state index in [4.69, 9.17) is 9.47 Å². The fraction of sp³-hybridized carbons (Fsp3) is 0.600. The van der Waals surface area contributed by atoms with Crippen LogP contribution in [0.4, 0.5) is 0 Å². The molecule has 1 saturated heterocycles. The number of rotatable bonds is 5. The summed E-state index contributed by atoms with van der Waals surface area (Å²) in [5.41, 5.74) is 0.822. The van der Waals surface area contributed by atoms with Gasteiger partial charge in [-0.2, -0.15) is 0 Å². The molecule has 0 N–H and O–H groups in total. The topological polar surface area (TPSA) is 61.8 Å². The zero-order valence-electron chi connectivity index (χ0n) is 8.65. The average molecular weight is 214 g/mol. The van der Waals surface area contributed by atoms with Gasteiger partial charge in [-0.1, -0.05) is 12.2 Å². The molecule has 1 unspecified atom stereocenters. The average Bonchev–Trinajstić information content (AvgIpc) is 2.51. The molecule has 0 aromatic heterocycles. The lowest BCUT2D eigenvalue weighted by atomic mass is 10.3. The van der Waals surface area contributed by atoms with Gasteiger partial charge in [0.25, 0.3) is 0 Å². The lowest BCUT2D eigenvalue weighted by Crippen LogP contribution is -2.25. The van der Waals surface area contributed by atoms with E-state index in [1.54, 1.807) is 6.92 Å². The van der Waals surface area contributed by atoms with Crippen LogP contribution in [0.5, 0.6) is 0 Å². The van der Waals surface area contributed by atoms with Gasteiger partial charge in [0.1, 0.15) is 6.61 Å². The molecule has 0 aliphatic carbocycles. The van der Waals surface area contributed by atoms with E-state index in [-0.39, 0.29) is 6.61 Å². The van der Waals surface area contributed by atoms with Crippen LogP contribution < -0.4 is 0 Å². The highest BCUT2D eigenvalue weighted by atomic mass is 16.6. The van der Waals surface area contributed by atoms with Crippen LogP contribution in [0.25, 0.3) is 0 Å². The molecule has 84 valence electrons. The Morgan fingerprint density at radius 2 is 2.33 bits per heavy atom. The minimum absolute atomic E-state index is 0.170. The normalized spacial score (nSPS) is 19.8. The van der Waals surface area contributed by atoms with Gasteiger partial charge >= 0.3 is 11.9 Å². The lowest BCUT2D eigenvalue weighted by molar-refractivity contribution is -0.163. The largest absolute Gasteiger partial charge is 0.463 e. The van der Waals surface area contributed by atoms with Crippen molar-refractivity contribution >= 4 is 11.9 Å². The molecule has 0 aromatic rings. The highest BCUT2D eigenvalue weighted by molar-refractivity contribution is 5.80. The molecule has 15 heavy (non-hydrogen) atoms.